The first kappa shape index (κ1) is 9.84. The molecule has 0 saturated heterocycles. The zero-order valence-corrected chi connectivity index (χ0v) is 9.12. The molecule has 0 bridgehead atoms. The first-order chi connectivity index (χ1) is 6.59. The van der Waals surface area contributed by atoms with Gasteiger partial charge in [-0.3, -0.25) is 4.79 Å². The van der Waals surface area contributed by atoms with E-state index in [2.05, 4.69) is 5.32 Å². The SMILES string of the molecule is O=C1Cc2c(ccc([NH+]([O-])[O-])c2I)N1. The summed E-state index contributed by atoms with van der Waals surface area (Å²) in [6.07, 6.45) is 0.245. The third kappa shape index (κ3) is 1.50. The molecule has 0 unspecified atom stereocenters. The van der Waals surface area contributed by atoms with Crippen molar-refractivity contribution in [1.82, 2.24) is 0 Å². The molecular formula is C8H6IN2O3-. The Bertz CT molecular complexity index is 406. The molecule has 6 heteroatoms. The van der Waals surface area contributed by atoms with Crippen molar-refractivity contribution in [2.45, 2.75) is 6.42 Å². The summed E-state index contributed by atoms with van der Waals surface area (Å²) in [5.74, 6) is -0.103. The van der Waals surface area contributed by atoms with Crippen molar-refractivity contribution in [1.29, 1.82) is 0 Å². The van der Waals surface area contributed by atoms with Gasteiger partial charge in [-0.25, -0.2) is 0 Å². The van der Waals surface area contributed by atoms with Crippen LogP contribution in [-0.4, -0.2) is 5.91 Å². The van der Waals surface area contributed by atoms with Crippen LogP contribution in [-0.2, 0) is 11.2 Å². The second kappa shape index (κ2) is 3.46. The minimum atomic E-state index is -1.21. The highest BCUT2D eigenvalue weighted by Gasteiger charge is 2.22. The number of amides is 1. The van der Waals surface area contributed by atoms with E-state index < -0.39 is 5.23 Å². The Morgan fingerprint density at radius 2 is 2.14 bits per heavy atom. The van der Waals surface area contributed by atoms with Crippen molar-refractivity contribution in [2.75, 3.05) is 5.32 Å². The van der Waals surface area contributed by atoms with Gasteiger partial charge in [-0.05, 0) is 28.7 Å². The maximum atomic E-state index is 11.1. The van der Waals surface area contributed by atoms with E-state index in [9.17, 15) is 15.2 Å². The van der Waals surface area contributed by atoms with Crippen molar-refractivity contribution < 1.29 is 10.0 Å². The molecule has 0 aliphatic carbocycles. The average Bonchev–Trinajstić information content (AvgIpc) is 2.46. The van der Waals surface area contributed by atoms with Gasteiger partial charge in [0.25, 0.3) is 0 Å². The van der Waals surface area contributed by atoms with Gasteiger partial charge in [0, 0.05) is 17.3 Å². The van der Waals surface area contributed by atoms with Gasteiger partial charge in [-0.15, -0.1) is 0 Å². The number of hydrogen-bond acceptors (Lipinski definition) is 3. The normalized spacial score (nSPS) is 14.4. The monoisotopic (exact) mass is 305 g/mol. The van der Waals surface area contributed by atoms with E-state index >= 15 is 0 Å². The number of carbonyl (C=O) groups is 1. The summed E-state index contributed by atoms with van der Waals surface area (Å²) >= 11 is 1.92. The molecule has 1 aliphatic rings. The highest BCUT2D eigenvalue weighted by atomic mass is 127. The average molecular weight is 305 g/mol. The van der Waals surface area contributed by atoms with Gasteiger partial charge < -0.3 is 21.0 Å². The van der Waals surface area contributed by atoms with Crippen molar-refractivity contribution in [3.8, 4) is 0 Å². The third-order valence-electron chi connectivity index (χ3n) is 2.07. The summed E-state index contributed by atoms with van der Waals surface area (Å²) in [6, 6.07) is 3.04. The molecule has 0 saturated carbocycles. The number of benzene rings is 1. The summed E-state index contributed by atoms with van der Waals surface area (Å²) in [5.41, 5.74) is 1.59. The van der Waals surface area contributed by atoms with Crippen LogP contribution in [0.5, 0.6) is 0 Å². The van der Waals surface area contributed by atoms with Crippen LogP contribution in [0.4, 0.5) is 11.4 Å². The number of anilines is 1. The van der Waals surface area contributed by atoms with Gasteiger partial charge in [-0.2, -0.15) is 0 Å². The zero-order valence-electron chi connectivity index (χ0n) is 6.96. The minimum Gasteiger partial charge on any atom is -0.628 e. The Labute approximate surface area is 93.4 Å². The van der Waals surface area contributed by atoms with Crippen molar-refractivity contribution in [3.63, 3.8) is 0 Å². The molecule has 2 N–H and O–H groups in total. The minimum absolute atomic E-state index is 0.103. The van der Waals surface area contributed by atoms with Crippen molar-refractivity contribution >= 4 is 39.9 Å². The summed E-state index contributed by atoms with van der Waals surface area (Å²) in [4.78, 5) is 11.1. The van der Waals surface area contributed by atoms with Gasteiger partial charge in [-0.1, -0.05) is 0 Å². The first-order valence-electron chi connectivity index (χ1n) is 3.92. The molecule has 1 aromatic carbocycles. The molecule has 1 aromatic rings. The van der Waals surface area contributed by atoms with Gasteiger partial charge >= 0.3 is 0 Å². The molecule has 2 rings (SSSR count). The fraction of sp³-hybridized carbons (Fsp3) is 0.125. The van der Waals surface area contributed by atoms with Gasteiger partial charge in [0.2, 0.25) is 5.91 Å². The van der Waals surface area contributed by atoms with Crippen LogP contribution in [0, 0.1) is 14.0 Å². The molecule has 14 heavy (non-hydrogen) atoms. The molecule has 1 amide bonds. The van der Waals surface area contributed by atoms with E-state index in [1.807, 2.05) is 22.6 Å². The lowest BCUT2D eigenvalue weighted by Gasteiger charge is -2.26. The Kier molecular flexibility index (Phi) is 2.43. The van der Waals surface area contributed by atoms with Crippen LogP contribution in [0.2, 0.25) is 0 Å². The van der Waals surface area contributed by atoms with Crippen molar-refractivity contribution in [3.05, 3.63) is 31.7 Å². The smallest absolute Gasteiger partial charge is 0.228 e. The number of quaternary nitrogens is 1. The number of fused-ring (bicyclic) bond motifs is 1. The topological polar surface area (TPSA) is 79.7 Å². The fourth-order valence-corrected chi connectivity index (χ4v) is 2.30. The predicted molar refractivity (Wildman–Crippen MR) is 58.8 cm³/mol. The number of halogens is 1. The Hall–Kier alpha value is -0.700. The maximum absolute atomic E-state index is 11.1. The molecule has 1 heterocycles. The number of rotatable bonds is 1. The molecule has 0 atom stereocenters. The zero-order chi connectivity index (χ0) is 10.3. The largest absolute Gasteiger partial charge is 0.628 e. The van der Waals surface area contributed by atoms with Crippen LogP contribution in [0.15, 0.2) is 12.1 Å². The summed E-state index contributed by atoms with van der Waals surface area (Å²) in [7, 11) is 0. The van der Waals surface area contributed by atoms with Crippen molar-refractivity contribution in [2.24, 2.45) is 0 Å². The van der Waals surface area contributed by atoms with E-state index in [1.165, 1.54) is 6.07 Å². The highest BCUT2D eigenvalue weighted by Crippen LogP contribution is 2.30. The number of nitrogens with one attached hydrogen (secondary N) is 2. The summed E-state index contributed by atoms with van der Waals surface area (Å²) in [5, 5.41) is 22.8. The molecule has 0 radical (unpaired) electrons. The lowest BCUT2D eigenvalue weighted by Crippen LogP contribution is -2.96. The number of hydrogen-bond donors (Lipinski definition) is 2. The van der Waals surface area contributed by atoms with E-state index in [-0.39, 0.29) is 18.0 Å². The van der Waals surface area contributed by atoms with E-state index in [0.29, 0.717) is 9.26 Å². The lowest BCUT2D eigenvalue weighted by molar-refractivity contribution is -0.715. The molecule has 74 valence electrons. The standard InChI is InChI=1S/C8H6IN2O3/c9-8-4-3-7(12)10-5(4)1-2-6(8)11(13)14/h1-2,11H,3H2,(H,10,12)/q-1. The first-order valence-corrected chi connectivity index (χ1v) is 5.00. The van der Waals surface area contributed by atoms with Gasteiger partial charge in [0.1, 0.15) is 5.69 Å². The predicted octanol–water partition coefficient (Wildman–Crippen LogP) is 0.298. The molecule has 5 nitrogen and oxygen atoms in total. The molecule has 0 aromatic heterocycles. The molecule has 1 aliphatic heterocycles. The van der Waals surface area contributed by atoms with Crippen LogP contribution < -0.4 is 10.5 Å². The lowest BCUT2D eigenvalue weighted by atomic mass is 10.1. The second-order valence-electron chi connectivity index (χ2n) is 2.97. The Morgan fingerprint density at radius 3 is 2.79 bits per heavy atom. The van der Waals surface area contributed by atoms with Crippen LogP contribution in [0.1, 0.15) is 5.56 Å². The van der Waals surface area contributed by atoms with Gasteiger partial charge in [0.15, 0.2) is 0 Å². The number of carbonyl (C=O) groups excluding carboxylic acids is 1. The maximum Gasteiger partial charge on any atom is 0.228 e. The van der Waals surface area contributed by atoms with Crippen LogP contribution in [0.3, 0.4) is 0 Å². The third-order valence-corrected chi connectivity index (χ3v) is 3.31. The van der Waals surface area contributed by atoms with E-state index in [4.69, 9.17) is 0 Å². The Balaban J connectivity index is 2.53. The van der Waals surface area contributed by atoms with Crippen LogP contribution in [0.25, 0.3) is 0 Å². The fourth-order valence-electron chi connectivity index (χ4n) is 1.42. The molecular weight excluding hydrogens is 299 g/mol. The highest BCUT2D eigenvalue weighted by molar-refractivity contribution is 14.1. The van der Waals surface area contributed by atoms with Gasteiger partial charge in [0.05, 0.1) is 9.99 Å². The molecule has 0 fully saturated rings. The second-order valence-corrected chi connectivity index (χ2v) is 4.04. The summed E-state index contributed by atoms with van der Waals surface area (Å²) in [6.45, 7) is 0. The Morgan fingerprint density at radius 1 is 1.43 bits per heavy atom. The van der Waals surface area contributed by atoms with Crippen LogP contribution >= 0.6 is 22.6 Å². The summed E-state index contributed by atoms with van der Waals surface area (Å²) < 4.78 is 0.582. The van der Waals surface area contributed by atoms with E-state index in [0.717, 1.165) is 5.56 Å². The van der Waals surface area contributed by atoms with E-state index in [1.54, 1.807) is 6.07 Å². The quantitative estimate of drug-likeness (QED) is 0.578. The molecule has 0 spiro atoms.